The van der Waals surface area contributed by atoms with E-state index in [4.69, 9.17) is 22.7 Å². The fourth-order valence-electron chi connectivity index (χ4n) is 1.88. The van der Waals surface area contributed by atoms with Gasteiger partial charge in [0.05, 0.1) is 11.0 Å². The van der Waals surface area contributed by atoms with Gasteiger partial charge in [0.25, 0.3) is 0 Å². The van der Waals surface area contributed by atoms with E-state index in [2.05, 4.69) is 5.32 Å². The first kappa shape index (κ1) is 10.8. The van der Waals surface area contributed by atoms with Crippen molar-refractivity contribution in [3.05, 3.63) is 0 Å². The molecule has 1 aliphatic heterocycles. The predicted molar refractivity (Wildman–Crippen MR) is 60.4 cm³/mol. The van der Waals surface area contributed by atoms with Gasteiger partial charge in [0, 0.05) is 6.61 Å². The molecule has 84 valence electrons. The zero-order valence-electron chi connectivity index (χ0n) is 8.57. The first-order valence-electron chi connectivity index (χ1n) is 5.40. The van der Waals surface area contributed by atoms with Gasteiger partial charge < -0.3 is 15.8 Å². The Hall–Kier alpha value is -0.680. The summed E-state index contributed by atoms with van der Waals surface area (Å²) in [7, 11) is 0. The summed E-state index contributed by atoms with van der Waals surface area (Å²) >= 11 is 4.95. The third-order valence-electron chi connectivity index (χ3n) is 2.92. The largest absolute Gasteiger partial charge is 0.392 e. The predicted octanol–water partition coefficient (Wildman–Crippen LogP) is 0.346. The molecule has 2 rings (SSSR count). The molecule has 0 aromatic rings. The van der Waals surface area contributed by atoms with Crippen LogP contribution in [-0.4, -0.2) is 29.6 Å². The highest BCUT2D eigenvalue weighted by molar-refractivity contribution is 7.80. The molecule has 0 radical (unpaired) electrons. The lowest BCUT2D eigenvalue weighted by atomic mass is 10.1. The first-order valence-corrected chi connectivity index (χ1v) is 5.80. The molecule has 1 heterocycles. The molecule has 0 spiro atoms. The second kappa shape index (κ2) is 4.45. The van der Waals surface area contributed by atoms with Crippen molar-refractivity contribution in [3.8, 4) is 0 Å². The first-order chi connectivity index (χ1) is 7.18. The topological polar surface area (TPSA) is 64.3 Å². The van der Waals surface area contributed by atoms with Crippen LogP contribution in [0.3, 0.4) is 0 Å². The van der Waals surface area contributed by atoms with Crippen molar-refractivity contribution in [1.29, 1.82) is 0 Å². The SMILES string of the molecule is NC(=S)C(NC(=O)C1CCCO1)C1CC1. The molecule has 4 nitrogen and oxygen atoms in total. The third kappa shape index (κ3) is 2.66. The van der Waals surface area contributed by atoms with Crippen molar-refractivity contribution in [1.82, 2.24) is 5.32 Å². The summed E-state index contributed by atoms with van der Waals surface area (Å²) in [6, 6.07) is -0.128. The molecule has 1 saturated carbocycles. The van der Waals surface area contributed by atoms with Crippen LogP contribution in [0.2, 0.25) is 0 Å². The van der Waals surface area contributed by atoms with Crippen LogP contribution in [0.1, 0.15) is 25.7 Å². The average molecular weight is 228 g/mol. The molecule has 1 aliphatic carbocycles. The minimum absolute atomic E-state index is 0.0581. The van der Waals surface area contributed by atoms with Gasteiger partial charge in [0.2, 0.25) is 5.91 Å². The lowest BCUT2D eigenvalue weighted by Crippen LogP contribution is -2.48. The van der Waals surface area contributed by atoms with E-state index in [1.54, 1.807) is 0 Å². The van der Waals surface area contributed by atoms with Crippen molar-refractivity contribution in [3.63, 3.8) is 0 Å². The molecule has 2 aliphatic rings. The maximum Gasteiger partial charge on any atom is 0.249 e. The molecule has 2 unspecified atom stereocenters. The Bertz CT molecular complexity index is 273. The van der Waals surface area contributed by atoms with E-state index in [0.717, 1.165) is 25.7 Å². The Balaban J connectivity index is 1.87. The summed E-state index contributed by atoms with van der Waals surface area (Å²) in [5.74, 6) is 0.394. The van der Waals surface area contributed by atoms with E-state index in [-0.39, 0.29) is 18.1 Å². The van der Waals surface area contributed by atoms with Crippen molar-refractivity contribution < 1.29 is 9.53 Å². The van der Waals surface area contributed by atoms with Gasteiger partial charge in [-0.3, -0.25) is 4.79 Å². The van der Waals surface area contributed by atoms with Crippen LogP contribution in [0.4, 0.5) is 0 Å². The van der Waals surface area contributed by atoms with E-state index in [0.29, 0.717) is 17.5 Å². The van der Waals surface area contributed by atoms with E-state index in [1.807, 2.05) is 0 Å². The fourth-order valence-corrected chi connectivity index (χ4v) is 2.13. The Morgan fingerprint density at radius 2 is 2.20 bits per heavy atom. The molecule has 5 heteroatoms. The number of hydrogen-bond acceptors (Lipinski definition) is 3. The van der Waals surface area contributed by atoms with Crippen molar-refractivity contribution in [2.24, 2.45) is 11.7 Å². The smallest absolute Gasteiger partial charge is 0.249 e. The van der Waals surface area contributed by atoms with Gasteiger partial charge >= 0.3 is 0 Å². The van der Waals surface area contributed by atoms with Crippen LogP contribution >= 0.6 is 12.2 Å². The molecule has 3 N–H and O–H groups in total. The Labute approximate surface area is 94.5 Å². The minimum atomic E-state index is -0.291. The number of carbonyl (C=O) groups is 1. The normalized spacial score (nSPS) is 27.3. The summed E-state index contributed by atoms with van der Waals surface area (Å²) in [6.07, 6.45) is 3.68. The maximum absolute atomic E-state index is 11.7. The highest BCUT2D eigenvalue weighted by Crippen LogP contribution is 2.33. The second-order valence-corrected chi connectivity index (χ2v) is 4.70. The van der Waals surface area contributed by atoms with E-state index < -0.39 is 0 Å². The van der Waals surface area contributed by atoms with Crippen LogP contribution in [0.25, 0.3) is 0 Å². The van der Waals surface area contributed by atoms with Crippen molar-refractivity contribution in [2.75, 3.05) is 6.61 Å². The number of rotatable bonds is 4. The maximum atomic E-state index is 11.7. The van der Waals surface area contributed by atoms with Crippen LogP contribution in [0, 0.1) is 5.92 Å². The van der Waals surface area contributed by atoms with Crippen LogP contribution in [0.15, 0.2) is 0 Å². The van der Waals surface area contributed by atoms with E-state index in [1.165, 1.54) is 0 Å². The number of amides is 1. The van der Waals surface area contributed by atoms with E-state index >= 15 is 0 Å². The van der Waals surface area contributed by atoms with Crippen molar-refractivity contribution >= 4 is 23.1 Å². The number of nitrogens with two attached hydrogens (primary N) is 1. The lowest BCUT2D eigenvalue weighted by molar-refractivity contribution is -0.130. The zero-order chi connectivity index (χ0) is 10.8. The molecule has 2 atom stereocenters. The molecule has 0 aromatic heterocycles. The Kier molecular flexibility index (Phi) is 3.21. The molecule has 2 fully saturated rings. The fraction of sp³-hybridized carbons (Fsp3) is 0.800. The number of carbonyl (C=O) groups excluding carboxylic acids is 1. The monoisotopic (exact) mass is 228 g/mol. The minimum Gasteiger partial charge on any atom is -0.392 e. The summed E-state index contributed by atoms with van der Waals surface area (Å²) in [5, 5.41) is 2.89. The molecule has 15 heavy (non-hydrogen) atoms. The molecule has 0 aromatic carbocycles. The highest BCUT2D eigenvalue weighted by Gasteiger charge is 2.36. The summed E-state index contributed by atoms with van der Waals surface area (Å²) in [5.41, 5.74) is 5.60. The molecule has 0 bridgehead atoms. The Morgan fingerprint density at radius 3 is 2.67 bits per heavy atom. The number of ether oxygens (including phenoxy) is 1. The van der Waals surface area contributed by atoms with Crippen molar-refractivity contribution in [2.45, 2.75) is 37.8 Å². The number of hydrogen-bond donors (Lipinski definition) is 2. The second-order valence-electron chi connectivity index (χ2n) is 4.23. The standard InChI is InChI=1S/C10H16N2O2S/c11-9(15)8(6-3-4-6)12-10(13)7-2-1-5-14-7/h6-8H,1-5H2,(H2,11,15)(H,12,13). The lowest BCUT2D eigenvalue weighted by Gasteiger charge is -2.18. The van der Waals surface area contributed by atoms with Gasteiger partial charge in [-0.15, -0.1) is 0 Å². The highest BCUT2D eigenvalue weighted by atomic mass is 32.1. The van der Waals surface area contributed by atoms with Crippen LogP contribution in [-0.2, 0) is 9.53 Å². The van der Waals surface area contributed by atoms with Gasteiger partial charge in [-0.05, 0) is 31.6 Å². The van der Waals surface area contributed by atoms with Crippen LogP contribution in [0.5, 0.6) is 0 Å². The molecular weight excluding hydrogens is 212 g/mol. The van der Waals surface area contributed by atoms with Crippen LogP contribution < -0.4 is 11.1 Å². The zero-order valence-corrected chi connectivity index (χ0v) is 9.39. The van der Waals surface area contributed by atoms with Gasteiger partial charge in [0.1, 0.15) is 6.10 Å². The number of nitrogens with one attached hydrogen (secondary N) is 1. The summed E-state index contributed by atoms with van der Waals surface area (Å²) in [4.78, 5) is 12.1. The number of thiocarbonyl (C=S) groups is 1. The summed E-state index contributed by atoms with van der Waals surface area (Å²) in [6.45, 7) is 0.680. The third-order valence-corrected chi connectivity index (χ3v) is 3.17. The van der Waals surface area contributed by atoms with Gasteiger partial charge in [-0.2, -0.15) is 0 Å². The summed E-state index contributed by atoms with van der Waals surface area (Å²) < 4.78 is 5.30. The molecule has 1 saturated heterocycles. The van der Waals surface area contributed by atoms with Gasteiger partial charge in [0.15, 0.2) is 0 Å². The van der Waals surface area contributed by atoms with E-state index in [9.17, 15) is 4.79 Å². The van der Waals surface area contributed by atoms with Gasteiger partial charge in [-0.1, -0.05) is 12.2 Å². The molecular formula is C10H16N2O2S. The van der Waals surface area contributed by atoms with Gasteiger partial charge in [-0.25, -0.2) is 0 Å². The quantitative estimate of drug-likeness (QED) is 0.681. The molecule has 1 amide bonds. The average Bonchev–Trinajstić information content (AvgIpc) is 2.87. The Morgan fingerprint density at radius 1 is 1.47 bits per heavy atom.